The number of para-hydroxylation sites is 1. The van der Waals surface area contributed by atoms with Crippen LogP contribution in [0.3, 0.4) is 0 Å². The van der Waals surface area contributed by atoms with Crippen LogP contribution in [0.25, 0.3) is 0 Å². The number of piperazine rings is 1. The smallest absolute Gasteiger partial charge is 0.346 e. The maximum Gasteiger partial charge on any atom is 0.346 e. The Morgan fingerprint density at radius 1 is 0.906 bits per heavy atom. The van der Waals surface area contributed by atoms with E-state index in [-0.39, 0.29) is 23.0 Å². The molecule has 32 heavy (non-hydrogen) atoms. The number of ether oxygens (including phenoxy) is 1. The predicted molar refractivity (Wildman–Crippen MR) is 121 cm³/mol. The van der Waals surface area contributed by atoms with E-state index in [2.05, 4.69) is 39.8 Å². The molecule has 0 aliphatic carbocycles. The van der Waals surface area contributed by atoms with E-state index in [1.54, 1.807) is 23.1 Å². The molecule has 7 heteroatoms. The number of hydrogen-bond acceptors (Lipinski definition) is 6. The van der Waals surface area contributed by atoms with E-state index in [0.717, 1.165) is 39.0 Å². The summed E-state index contributed by atoms with van der Waals surface area (Å²) in [4.78, 5) is 43.6. The summed E-state index contributed by atoms with van der Waals surface area (Å²) >= 11 is 0. The minimum absolute atomic E-state index is 0.0714. The highest BCUT2D eigenvalue weighted by atomic mass is 16.6. The monoisotopic (exact) mass is 433 g/mol. The van der Waals surface area contributed by atoms with Crippen molar-refractivity contribution in [3.8, 4) is 0 Å². The summed E-state index contributed by atoms with van der Waals surface area (Å²) in [7, 11) is 2.15. The lowest BCUT2D eigenvalue weighted by Gasteiger charge is -2.36. The van der Waals surface area contributed by atoms with E-state index in [1.165, 1.54) is 11.3 Å². The predicted octanol–water partition coefficient (Wildman–Crippen LogP) is 2.73. The second-order valence-corrected chi connectivity index (χ2v) is 8.86. The van der Waals surface area contributed by atoms with E-state index >= 15 is 0 Å². The van der Waals surface area contributed by atoms with Crippen molar-refractivity contribution in [2.45, 2.75) is 19.3 Å². The van der Waals surface area contributed by atoms with Crippen molar-refractivity contribution in [1.82, 2.24) is 4.90 Å². The van der Waals surface area contributed by atoms with Crippen LogP contribution in [0.5, 0.6) is 0 Å². The van der Waals surface area contributed by atoms with Gasteiger partial charge in [0.05, 0.1) is 11.1 Å². The zero-order valence-electron chi connectivity index (χ0n) is 18.3. The summed E-state index contributed by atoms with van der Waals surface area (Å²) in [5.74, 6) is -1.31. The number of esters is 2. The maximum absolute atomic E-state index is 13.4. The molecule has 0 bridgehead atoms. The molecule has 7 nitrogen and oxygen atoms in total. The van der Waals surface area contributed by atoms with Gasteiger partial charge >= 0.3 is 11.9 Å². The van der Waals surface area contributed by atoms with Gasteiger partial charge in [-0.1, -0.05) is 18.2 Å². The Bertz CT molecular complexity index is 1070. The molecule has 0 radical (unpaired) electrons. The number of carbonyl (C=O) groups excluding carboxylic acids is 3. The van der Waals surface area contributed by atoms with Gasteiger partial charge in [-0.3, -0.25) is 4.79 Å². The van der Waals surface area contributed by atoms with Crippen LogP contribution in [0, 0.1) is 5.92 Å². The molecule has 5 rings (SSSR count). The number of anilines is 2. The molecule has 3 heterocycles. The molecule has 1 atom stereocenters. The number of likely N-dealkylation sites (N-methyl/N-ethyl adjacent to an activating group) is 1. The third kappa shape index (κ3) is 3.77. The number of benzene rings is 2. The zero-order chi connectivity index (χ0) is 22.2. The Kier molecular flexibility index (Phi) is 5.43. The van der Waals surface area contributed by atoms with E-state index in [4.69, 9.17) is 0 Å². The summed E-state index contributed by atoms with van der Waals surface area (Å²) < 4.78 is 4.69. The number of fused-ring (bicyclic) bond motifs is 1. The minimum atomic E-state index is -0.644. The number of amides is 1. The molecule has 3 aliphatic heterocycles. The standard InChI is InChI=1S/C25H27N3O4/c1-26-11-13-27(14-12-26)22-7-3-2-5-17(22)15-18-6-4-10-28(23(18)29)19-8-9-20-21(16-19)25(31)32-24(20)30/h2-3,5,7-9,16,18H,4,6,10-15H2,1H3. The van der Waals surface area contributed by atoms with Gasteiger partial charge in [0.25, 0.3) is 0 Å². The zero-order valence-corrected chi connectivity index (χ0v) is 18.3. The largest absolute Gasteiger partial charge is 0.386 e. The summed E-state index contributed by atoms with van der Waals surface area (Å²) in [5.41, 5.74) is 3.59. The van der Waals surface area contributed by atoms with Crippen molar-refractivity contribution in [2.24, 2.45) is 5.92 Å². The fourth-order valence-corrected chi connectivity index (χ4v) is 4.94. The number of piperidine rings is 1. The molecular weight excluding hydrogens is 406 g/mol. The molecule has 0 N–H and O–H groups in total. The molecule has 1 amide bonds. The van der Waals surface area contributed by atoms with Crippen LogP contribution in [0.2, 0.25) is 0 Å². The van der Waals surface area contributed by atoms with Gasteiger partial charge in [0, 0.05) is 50.0 Å². The van der Waals surface area contributed by atoms with Gasteiger partial charge in [0.15, 0.2) is 0 Å². The van der Waals surface area contributed by atoms with Crippen molar-refractivity contribution >= 4 is 29.2 Å². The van der Waals surface area contributed by atoms with Crippen molar-refractivity contribution in [1.29, 1.82) is 0 Å². The van der Waals surface area contributed by atoms with Crippen LogP contribution in [0.15, 0.2) is 42.5 Å². The van der Waals surface area contributed by atoms with Crippen LogP contribution >= 0.6 is 0 Å². The van der Waals surface area contributed by atoms with Crippen LogP contribution < -0.4 is 9.80 Å². The Balaban J connectivity index is 1.36. The second-order valence-electron chi connectivity index (χ2n) is 8.86. The molecule has 2 saturated heterocycles. The number of carbonyl (C=O) groups is 3. The van der Waals surface area contributed by atoms with Gasteiger partial charge in [0.2, 0.25) is 5.91 Å². The minimum Gasteiger partial charge on any atom is -0.386 e. The van der Waals surface area contributed by atoms with E-state index in [1.807, 2.05) is 6.07 Å². The summed E-state index contributed by atoms with van der Waals surface area (Å²) in [5, 5.41) is 0. The first-order valence-electron chi connectivity index (χ1n) is 11.2. The van der Waals surface area contributed by atoms with Crippen molar-refractivity contribution < 1.29 is 19.1 Å². The van der Waals surface area contributed by atoms with Crippen LogP contribution in [-0.2, 0) is 16.0 Å². The molecular formula is C25H27N3O4. The fraction of sp³-hybridized carbons (Fsp3) is 0.400. The summed E-state index contributed by atoms with van der Waals surface area (Å²) in [6.07, 6.45) is 2.44. The first-order valence-corrected chi connectivity index (χ1v) is 11.2. The highest BCUT2D eigenvalue weighted by Gasteiger charge is 2.34. The van der Waals surface area contributed by atoms with Gasteiger partial charge in [0.1, 0.15) is 0 Å². The quantitative estimate of drug-likeness (QED) is 0.546. The average Bonchev–Trinajstić information content (AvgIpc) is 3.09. The SMILES string of the molecule is CN1CCN(c2ccccc2CC2CCCN(c3ccc4c(c3)C(=O)OC4=O)C2=O)CC1. The van der Waals surface area contributed by atoms with Crippen LogP contribution in [0.4, 0.5) is 11.4 Å². The van der Waals surface area contributed by atoms with Crippen LogP contribution in [0.1, 0.15) is 39.1 Å². The van der Waals surface area contributed by atoms with E-state index < -0.39 is 11.9 Å². The molecule has 2 aromatic rings. The molecule has 0 spiro atoms. The van der Waals surface area contributed by atoms with Crippen molar-refractivity contribution in [3.63, 3.8) is 0 Å². The third-order valence-corrected chi connectivity index (χ3v) is 6.79. The molecule has 166 valence electrons. The number of cyclic esters (lactones) is 2. The normalized spacial score (nSPS) is 21.7. The Morgan fingerprint density at radius 3 is 2.47 bits per heavy atom. The van der Waals surface area contributed by atoms with Gasteiger partial charge in [-0.15, -0.1) is 0 Å². The van der Waals surface area contributed by atoms with Crippen LogP contribution in [-0.4, -0.2) is 62.5 Å². The number of hydrogen-bond donors (Lipinski definition) is 0. The van der Waals surface area contributed by atoms with Crippen molar-refractivity contribution in [2.75, 3.05) is 49.6 Å². The maximum atomic E-state index is 13.4. The molecule has 2 fully saturated rings. The lowest BCUT2D eigenvalue weighted by atomic mass is 9.89. The topological polar surface area (TPSA) is 70.2 Å². The van der Waals surface area contributed by atoms with Gasteiger partial charge in [-0.05, 0) is 56.1 Å². The molecule has 1 unspecified atom stereocenters. The molecule has 2 aromatic carbocycles. The second kappa shape index (κ2) is 8.39. The first kappa shape index (κ1) is 20.7. The average molecular weight is 434 g/mol. The lowest BCUT2D eigenvalue weighted by molar-refractivity contribution is -0.123. The summed E-state index contributed by atoms with van der Waals surface area (Å²) in [6.45, 7) is 4.66. The van der Waals surface area contributed by atoms with E-state index in [0.29, 0.717) is 18.7 Å². The van der Waals surface area contributed by atoms with Gasteiger partial charge in [-0.2, -0.15) is 0 Å². The Hall–Kier alpha value is -3.19. The summed E-state index contributed by atoms with van der Waals surface area (Å²) in [6, 6.07) is 13.3. The lowest BCUT2D eigenvalue weighted by Crippen LogP contribution is -2.45. The number of nitrogens with zero attached hydrogens (tertiary/aromatic N) is 3. The van der Waals surface area contributed by atoms with Gasteiger partial charge in [-0.25, -0.2) is 9.59 Å². The molecule has 3 aliphatic rings. The van der Waals surface area contributed by atoms with Crippen molar-refractivity contribution in [3.05, 3.63) is 59.2 Å². The Morgan fingerprint density at radius 2 is 1.66 bits per heavy atom. The Labute approximate surface area is 187 Å². The fourth-order valence-electron chi connectivity index (χ4n) is 4.94. The first-order chi connectivity index (χ1) is 15.5. The van der Waals surface area contributed by atoms with Gasteiger partial charge < -0.3 is 19.4 Å². The number of rotatable bonds is 4. The highest BCUT2D eigenvalue weighted by Crippen LogP contribution is 2.32. The van der Waals surface area contributed by atoms with E-state index in [9.17, 15) is 14.4 Å². The molecule has 0 aromatic heterocycles. The third-order valence-electron chi connectivity index (χ3n) is 6.79. The molecule has 0 saturated carbocycles. The highest BCUT2D eigenvalue weighted by molar-refractivity contribution is 6.15.